The van der Waals surface area contributed by atoms with Crippen LogP contribution in [0.1, 0.15) is 11.1 Å². The van der Waals surface area contributed by atoms with E-state index in [4.69, 9.17) is 4.74 Å². The topological polar surface area (TPSA) is 22.1 Å². The first-order chi connectivity index (χ1) is 14.6. The van der Waals surface area contributed by atoms with Crippen molar-refractivity contribution in [2.45, 2.75) is 12.4 Å². The molecule has 0 atom stereocenters. The predicted molar refractivity (Wildman–Crippen MR) is 104 cm³/mol. The van der Waals surface area contributed by atoms with Crippen LogP contribution in [0.3, 0.4) is 0 Å². The minimum atomic E-state index is -4.57. The van der Waals surface area contributed by atoms with E-state index in [0.717, 1.165) is 24.3 Å². The third-order valence-corrected chi connectivity index (χ3v) is 4.57. The van der Waals surface area contributed by atoms with Crippen molar-refractivity contribution < 1.29 is 31.1 Å². The van der Waals surface area contributed by atoms with Gasteiger partial charge in [0.1, 0.15) is 5.75 Å². The molecule has 0 amide bonds. The zero-order chi connectivity index (χ0) is 22.2. The van der Waals surface area contributed by atoms with Gasteiger partial charge >= 0.3 is 12.4 Å². The molecule has 0 fully saturated rings. The molecule has 31 heavy (non-hydrogen) atoms. The molecule has 3 aromatic carbocycles. The molecule has 4 aromatic rings. The van der Waals surface area contributed by atoms with Gasteiger partial charge in [0, 0.05) is 10.9 Å². The SMILES string of the molecule is FC(F)(F)c1cccc(Oc2nc3ccccc3cc2-c2cccc(C(F)(F)F)c2)c1. The second-order valence-corrected chi connectivity index (χ2v) is 6.74. The highest BCUT2D eigenvalue weighted by atomic mass is 19.4. The number of para-hydroxylation sites is 1. The number of hydrogen-bond acceptors (Lipinski definition) is 2. The minimum Gasteiger partial charge on any atom is -0.438 e. The highest BCUT2D eigenvalue weighted by Crippen LogP contribution is 2.39. The average Bonchev–Trinajstić information content (AvgIpc) is 2.72. The molecule has 8 heteroatoms. The average molecular weight is 433 g/mol. The standard InChI is InChI=1S/C23H13F6NO/c24-22(25,26)16-7-3-6-14(11-16)19-12-15-5-1-2-10-20(15)30-21(19)31-18-9-4-8-17(13-18)23(27,28)29/h1-13H. The van der Waals surface area contributed by atoms with Crippen molar-refractivity contribution in [3.63, 3.8) is 0 Å². The summed E-state index contributed by atoms with van der Waals surface area (Å²) in [5, 5.41) is 0.645. The number of nitrogens with zero attached hydrogens (tertiary/aromatic N) is 1. The lowest BCUT2D eigenvalue weighted by Gasteiger charge is -2.15. The van der Waals surface area contributed by atoms with Gasteiger partial charge in [-0.15, -0.1) is 0 Å². The highest BCUT2D eigenvalue weighted by Gasteiger charge is 2.32. The molecular weight excluding hydrogens is 420 g/mol. The van der Waals surface area contributed by atoms with Gasteiger partial charge in [-0.05, 0) is 48.0 Å². The Morgan fingerprint density at radius 3 is 2.00 bits per heavy atom. The van der Waals surface area contributed by atoms with Crippen LogP contribution in [0.4, 0.5) is 26.3 Å². The van der Waals surface area contributed by atoms with Crippen LogP contribution in [-0.2, 0) is 12.4 Å². The maximum absolute atomic E-state index is 13.2. The van der Waals surface area contributed by atoms with E-state index in [-0.39, 0.29) is 22.8 Å². The first-order valence-corrected chi connectivity index (χ1v) is 9.04. The summed E-state index contributed by atoms with van der Waals surface area (Å²) in [5.41, 5.74) is -0.882. The smallest absolute Gasteiger partial charge is 0.416 e. The number of hydrogen-bond donors (Lipinski definition) is 0. The Bertz CT molecular complexity index is 1250. The van der Waals surface area contributed by atoms with Crippen molar-refractivity contribution >= 4 is 10.9 Å². The van der Waals surface area contributed by atoms with Crippen LogP contribution >= 0.6 is 0 Å². The first kappa shape index (κ1) is 20.7. The third kappa shape index (κ3) is 4.47. The first-order valence-electron chi connectivity index (χ1n) is 9.04. The van der Waals surface area contributed by atoms with E-state index in [1.165, 1.54) is 24.3 Å². The molecule has 0 spiro atoms. The van der Waals surface area contributed by atoms with Gasteiger partial charge in [-0.3, -0.25) is 0 Å². The number of benzene rings is 3. The monoisotopic (exact) mass is 433 g/mol. The van der Waals surface area contributed by atoms with Crippen molar-refractivity contribution in [1.29, 1.82) is 0 Å². The van der Waals surface area contributed by atoms with Crippen LogP contribution in [0.15, 0.2) is 78.9 Å². The molecule has 0 unspecified atom stereocenters. The molecule has 0 saturated carbocycles. The summed E-state index contributed by atoms with van der Waals surface area (Å²) in [5.74, 6) is -0.233. The zero-order valence-corrected chi connectivity index (χ0v) is 15.6. The third-order valence-electron chi connectivity index (χ3n) is 4.57. The Morgan fingerprint density at radius 2 is 1.29 bits per heavy atom. The lowest BCUT2D eigenvalue weighted by molar-refractivity contribution is -0.138. The summed E-state index contributed by atoms with van der Waals surface area (Å²) in [6.07, 6.45) is -9.12. The van der Waals surface area contributed by atoms with E-state index in [9.17, 15) is 26.3 Å². The minimum absolute atomic E-state index is 0.0997. The number of alkyl halides is 6. The molecule has 0 aliphatic heterocycles. The number of fused-ring (bicyclic) bond motifs is 1. The Hall–Kier alpha value is -3.55. The van der Waals surface area contributed by atoms with E-state index in [1.807, 2.05) is 0 Å². The largest absolute Gasteiger partial charge is 0.438 e. The maximum Gasteiger partial charge on any atom is 0.416 e. The molecule has 0 aliphatic carbocycles. The van der Waals surface area contributed by atoms with Gasteiger partial charge in [-0.25, -0.2) is 4.98 Å². The lowest BCUT2D eigenvalue weighted by atomic mass is 10.0. The van der Waals surface area contributed by atoms with E-state index in [2.05, 4.69) is 4.98 Å². The molecule has 4 rings (SSSR count). The van der Waals surface area contributed by atoms with Crippen molar-refractivity contribution in [3.05, 3.63) is 90.0 Å². The number of aromatic nitrogens is 1. The summed E-state index contributed by atoms with van der Waals surface area (Å²) in [6.45, 7) is 0. The van der Waals surface area contributed by atoms with Crippen LogP contribution < -0.4 is 4.74 Å². The normalized spacial score (nSPS) is 12.2. The maximum atomic E-state index is 13.2. The summed E-state index contributed by atoms with van der Waals surface area (Å²) in [4.78, 5) is 4.35. The predicted octanol–water partition coefficient (Wildman–Crippen LogP) is 7.73. The molecule has 0 bridgehead atoms. The second-order valence-electron chi connectivity index (χ2n) is 6.74. The fourth-order valence-electron chi connectivity index (χ4n) is 3.09. The molecular formula is C23H13F6NO. The zero-order valence-electron chi connectivity index (χ0n) is 15.6. The molecule has 2 nitrogen and oxygen atoms in total. The Balaban J connectivity index is 1.86. The molecule has 0 radical (unpaired) electrons. The van der Waals surface area contributed by atoms with Gasteiger partial charge in [-0.2, -0.15) is 26.3 Å². The van der Waals surface area contributed by atoms with E-state index >= 15 is 0 Å². The van der Waals surface area contributed by atoms with E-state index in [1.54, 1.807) is 30.3 Å². The summed E-state index contributed by atoms with van der Waals surface area (Å²) in [6, 6.07) is 17.3. The van der Waals surface area contributed by atoms with Gasteiger partial charge < -0.3 is 4.74 Å². The molecule has 158 valence electrons. The molecule has 0 saturated heterocycles. The summed E-state index contributed by atoms with van der Waals surface area (Å²) >= 11 is 0. The molecule has 1 heterocycles. The number of halogens is 6. The van der Waals surface area contributed by atoms with Crippen LogP contribution in [0.2, 0.25) is 0 Å². The Kier molecular flexibility index (Phi) is 5.08. The molecule has 0 aliphatic rings. The molecule has 1 aromatic heterocycles. The van der Waals surface area contributed by atoms with Gasteiger partial charge in [0.05, 0.1) is 16.6 Å². The van der Waals surface area contributed by atoms with Crippen molar-refractivity contribution in [3.8, 4) is 22.8 Å². The van der Waals surface area contributed by atoms with Crippen molar-refractivity contribution in [2.75, 3.05) is 0 Å². The van der Waals surface area contributed by atoms with E-state index < -0.39 is 23.5 Å². The molecule has 0 N–H and O–H groups in total. The van der Waals surface area contributed by atoms with Crippen LogP contribution in [-0.4, -0.2) is 4.98 Å². The van der Waals surface area contributed by atoms with Gasteiger partial charge in [-0.1, -0.05) is 36.4 Å². The Labute approximate surface area is 172 Å². The number of pyridine rings is 1. The second kappa shape index (κ2) is 7.61. The van der Waals surface area contributed by atoms with Gasteiger partial charge in [0.15, 0.2) is 0 Å². The number of rotatable bonds is 3. The number of ether oxygens (including phenoxy) is 1. The van der Waals surface area contributed by atoms with E-state index in [0.29, 0.717) is 10.9 Å². The van der Waals surface area contributed by atoms with Gasteiger partial charge in [0.2, 0.25) is 5.88 Å². The highest BCUT2D eigenvalue weighted by molar-refractivity contribution is 5.86. The van der Waals surface area contributed by atoms with Crippen LogP contribution in [0.5, 0.6) is 11.6 Å². The van der Waals surface area contributed by atoms with Gasteiger partial charge in [0.25, 0.3) is 0 Å². The summed E-state index contributed by atoms with van der Waals surface area (Å²) in [7, 11) is 0. The fourth-order valence-corrected chi connectivity index (χ4v) is 3.09. The van der Waals surface area contributed by atoms with Crippen LogP contribution in [0, 0.1) is 0 Å². The van der Waals surface area contributed by atoms with Crippen molar-refractivity contribution in [1.82, 2.24) is 4.98 Å². The Morgan fingerprint density at radius 1 is 0.645 bits per heavy atom. The lowest BCUT2D eigenvalue weighted by Crippen LogP contribution is -2.05. The fraction of sp³-hybridized carbons (Fsp3) is 0.0870. The summed E-state index contributed by atoms with van der Waals surface area (Å²) < 4.78 is 84.3. The quantitative estimate of drug-likeness (QED) is 0.309. The van der Waals surface area contributed by atoms with Crippen LogP contribution in [0.25, 0.3) is 22.0 Å². The van der Waals surface area contributed by atoms with Crippen molar-refractivity contribution in [2.24, 2.45) is 0 Å².